The van der Waals surface area contributed by atoms with Crippen LogP contribution in [-0.4, -0.2) is 53.3 Å². The van der Waals surface area contributed by atoms with E-state index in [4.69, 9.17) is 11.0 Å². The molecule has 138 valence electrons. The van der Waals surface area contributed by atoms with Gasteiger partial charge in [0.25, 0.3) is 0 Å². The van der Waals surface area contributed by atoms with Crippen molar-refractivity contribution in [2.45, 2.75) is 45.6 Å². The number of nitrogens with two attached hydrogens (primary N) is 1. The predicted molar refractivity (Wildman–Crippen MR) is 96.9 cm³/mol. The zero-order valence-electron chi connectivity index (χ0n) is 15.1. The monoisotopic (exact) mass is 347 g/mol. The Bertz CT molecular complexity index is 607. The first-order valence-electron chi connectivity index (χ1n) is 8.99. The molecule has 1 saturated heterocycles. The summed E-state index contributed by atoms with van der Waals surface area (Å²) in [6.45, 7) is 7.84. The molecule has 8 heteroatoms. The zero-order valence-corrected chi connectivity index (χ0v) is 15.1. The number of hydrogen-bond acceptors (Lipinski definition) is 5. The highest BCUT2D eigenvalue weighted by molar-refractivity contribution is 5.73. The number of carbonyl (C=O) groups is 1. The van der Waals surface area contributed by atoms with Crippen molar-refractivity contribution >= 4 is 11.8 Å². The van der Waals surface area contributed by atoms with Crippen molar-refractivity contribution in [3.05, 3.63) is 11.3 Å². The van der Waals surface area contributed by atoms with Gasteiger partial charge >= 0.3 is 6.03 Å². The average Bonchev–Trinajstić information content (AvgIpc) is 2.96. The largest absolute Gasteiger partial charge is 0.381 e. The van der Waals surface area contributed by atoms with Crippen LogP contribution in [0.25, 0.3) is 0 Å². The van der Waals surface area contributed by atoms with Gasteiger partial charge in [-0.15, -0.1) is 0 Å². The number of aromatic amines is 1. The van der Waals surface area contributed by atoms with Crippen molar-refractivity contribution in [2.24, 2.45) is 5.92 Å². The fourth-order valence-corrected chi connectivity index (χ4v) is 3.22. The number of aryl methyl sites for hydroxylation is 1. The molecule has 0 aliphatic carbocycles. The second-order valence-electron chi connectivity index (χ2n) is 6.91. The fraction of sp³-hybridized carbons (Fsp3) is 0.706. The van der Waals surface area contributed by atoms with Gasteiger partial charge in [-0.3, -0.25) is 10.00 Å². The van der Waals surface area contributed by atoms with Gasteiger partial charge in [-0.25, -0.2) is 4.79 Å². The number of nitrogens with zero attached hydrogens (tertiary/aromatic N) is 3. The third-order valence-corrected chi connectivity index (χ3v) is 4.74. The number of nitriles is 1. The summed E-state index contributed by atoms with van der Waals surface area (Å²) >= 11 is 0. The van der Waals surface area contributed by atoms with E-state index in [0.717, 1.165) is 24.7 Å². The van der Waals surface area contributed by atoms with E-state index < -0.39 is 0 Å². The number of hydrogen-bond donors (Lipinski definition) is 4. The van der Waals surface area contributed by atoms with E-state index in [2.05, 4.69) is 39.6 Å². The highest BCUT2D eigenvalue weighted by Crippen LogP contribution is 2.17. The minimum atomic E-state index is -0.151. The maximum Gasteiger partial charge on any atom is 0.314 e. The number of anilines is 1. The van der Waals surface area contributed by atoms with Crippen molar-refractivity contribution in [1.82, 2.24) is 25.7 Å². The number of carbonyl (C=O) groups excluding carboxylic acids is 1. The summed E-state index contributed by atoms with van der Waals surface area (Å²) < 4.78 is 0. The molecule has 1 aliphatic rings. The lowest BCUT2D eigenvalue weighted by atomic mass is 9.99. The molecule has 0 spiro atoms. The number of rotatable bonds is 7. The van der Waals surface area contributed by atoms with Crippen LogP contribution in [0.1, 0.15) is 44.4 Å². The Morgan fingerprint density at radius 2 is 2.36 bits per heavy atom. The Kier molecular flexibility index (Phi) is 7.07. The van der Waals surface area contributed by atoms with Gasteiger partial charge in [-0.05, 0) is 45.1 Å². The lowest BCUT2D eigenvalue weighted by Gasteiger charge is -2.35. The van der Waals surface area contributed by atoms with E-state index in [1.165, 1.54) is 12.8 Å². The third kappa shape index (κ3) is 5.64. The van der Waals surface area contributed by atoms with E-state index in [0.29, 0.717) is 37.5 Å². The molecule has 2 rings (SSSR count). The Labute approximate surface area is 149 Å². The first kappa shape index (κ1) is 19.1. The summed E-state index contributed by atoms with van der Waals surface area (Å²) in [5, 5.41) is 21.4. The Morgan fingerprint density at radius 1 is 1.56 bits per heavy atom. The predicted octanol–water partition coefficient (Wildman–Crippen LogP) is 1.22. The van der Waals surface area contributed by atoms with Gasteiger partial charge in [-0.1, -0.05) is 6.92 Å². The zero-order chi connectivity index (χ0) is 18.2. The van der Waals surface area contributed by atoms with Crippen LogP contribution in [0, 0.1) is 17.2 Å². The number of amides is 2. The van der Waals surface area contributed by atoms with Gasteiger partial charge in [-0.2, -0.15) is 10.4 Å². The molecule has 1 aliphatic heterocycles. The van der Waals surface area contributed by atoms with Crippen LogP contribution in [-0.2, 0) is 6.42 Å². The van der Waals surface area contributed by atoms with Crippen molar-refractivity contribution in [3.8, 4) is 6.07 Å². The van der Waals surface area contributed by atoms with Crippen LogP contribution in [0.4, 0.5) is 10.6 Å². The summed E-state index contributed by atoms with van der Waals surface area (Å²) in [4.78, 5) is 14.3. The maximum absolute atomic E-state index is 11.9. The Balaban J connectivity index is 1.61. The van der Waals surface area contributed by atoms with Gasteiger partial charge in [0.1, 0.15) is 11.6 Å². The quantitative estimate of drug-likeness (QED) is 0.552. The average molecular weight is 347 g/mol. The van der Waals surface area contributed by atoms with Gasteiger partial charge in [0, 0.05) is 25.7 Å². The van der Waals surface area contributed by atoms with Gasteiger partial charge in [0.05, 0.1) is 5.69 Å². The summed E-state index contributed by atoms with van der Waals surface area (Å²) in [6, 6.07) is 2.23. The number of nitrogens with one attached hydrogen (secondary N) is 3. The van der Waals surface area contributed by atoms with E-state index in [9.17, 15) is 4.79 Å². The molecule has 0 saturated carbocycles. The molecular formula is C17H29N7O. The summed E-state index contributed by atoms with van der Waals surface area (Å²) in [5.74, 6) is 0.962. The molecular weight excluding hydrogens is 318 g/mol. The van der Waals surface area contributed by atoms with Gasteiger partial charge < -0.3 is 16.4 Å². The van der Waals surface area contributed by atoms with E-state index in [-0.39, 0.29) is 11.8 Å². The molecule has 1 aromatic heterocycles. The fourth-order valence-electron chi connectivity index (χ4n) is 3.22. The first-order chi connectivity index (χ1) is 12.0. The van der Waals surface area contributed by atoms with Gasteiger partial charge in [0.15, 0.2) is 5.82 Å². The molecule has 2 heterocycles. The number of piperidine rings is 1. The topological polar surface area (TPSA) is 123 Å². The van der Waals surface area contributed by atoms with Crippen LogP contribution < -0.4 is 16.4 Å². The number of likely N-dealkylation sites (tertiary alicyclic amines) is 1. The van der Waals surface area contributed by atoms with Crippen LogP contribution in [0.3, 0.4) is 0 Å². The summed E-state index contributed by atoms with van der Waals surface area (Å²) in [5.41, 5.74) is 6.71. The van der Waals surface area contributed by atoms with Crippen molar-refractivity contribution in [3.63, 3.8) is 0 Å². The van der Waals surface area contributed by atoms with Crippen LogP contribution in [0.15, 0.2) is 0 Å². The standard InChI is InChI=1S/C17H29N7O/c1-12-5-4-8-24(11-12)13(2)10-21-17(25)20-7-3-6-15-14(9-18)16(19)23-22-15/h12-13H,3-8,10-11H2,1-2H3,(H3,19,22,23)(H2,20,21,25)/t12-,13+/m0/s1. The number of H-pyrrole nitrogens is 1. The second kappa shape index (κ2) is 9.28. The van der Waals surface area contributed by atoms with Crippen LogP contribution in [0.5, 0.6) is 0 Å². The number of aromatic nitrogens is 2. The molecule has 2 atom stereocenters. The smallest absolute Gasteiger partial charge is 0.314 e. The number of nitrogen functional groups attached to an aromatic ring is 1. The Morgan fingerprint density at radius 3 is 3.08 bits per heavy atom. The molecule has 0 bridgehead atoms. The minimum absolute atomic E-state index is 0.151. The van der Waals surface area contributed by atoms with E-state index in [1.807, 2.05) is 6.07 Å². The maximum atomic E-state index is 11.9. The van der Waals surface area contributed by atoms with Gasteiger partial charge in [0.2, 0.25) is 0 Å². The number of urea groups is 1. The molecule has 0 radical (unpaired) electrons. The van der Waals surface area contributed by atoms with Crippen molar-refractivity contribution in [2.75, 3.05) is 31.9 Å². The normalized spacial score (nSPS) is 19.2. The van der Waals surface area contributed by atoms with Crippen molar-refractivity contribution in [1.29, 1.82) is 5.26 Å². The minimum Gasteiger partial charge on any atom is -0.381 e. The van der Waals surface area contributed by atoms with Crippen molar-refractivity contribution < 1.29 is 4.79 Å². The molecule has 0 aromatic carbocycles. The molecule has 1 aromatic rings. The highest BCUT2D eigenvalue weighted by atomic mass is 16.2. The summed E-state index contributed by atoms with van der Waals surface area (Å²) in [7, 11) is 0. The SMILES string of the molecule is C[C@H]1CCCN([C@H](C)CNC(=O)NCCCc2[nH]nc(N)c2C#N)C1. The molecule has 2 amide bonds. The van der Waals surface area contributed by atoms with Crippen LogP contribution >= 0.6 is 0 Å². The molecule has 1 fully saturated rings. The molecule has 8 nitrogen and oxygen atoms in total. The lowest BCUT2D eigenvalue weighted by Crippen LogP contribution is -2.48. The molecule has 25 heavy (non-hydrogen) atoms. The molecule has 0 unspecified atom stereocenters. The first-order valence-corrected chi connectivity index (χ1v) is 8.99. The Hall–Kier alpha value is -2.27. The van der Waals surface area contributed by atoms with E-state index >= 15 is 0 Å². The van der Waals surface area contributed by atoms with E-state index in [1.54, 1.807) is 0 Å². The third-order valence-electron chi connectivity index (χ3n) is 4.74. The second-order valence-corrected chi connectivity index (χ2v) is 6.91. The molecule has 5 N–H and O–H groups in total. The van der Waals surface area contributed by atoms with Crippen LogP contribution in [0.2, 0.25) is 0 Å². The lowest BCUT2D eigenvalue weighted by molar-refractivity contribution is 0.137. The summed E-state index contributed by atoms with van der Waals surface area (Å²) in [6.07, 6.45) is 3.87. The highest BCUT2D eigenvalue weighted by Gasteiger charge is 2.21.